The number of sulfone groups is 1. The summed E-state index contributed by atoms with van der Waals surface area (Å²) in [5, 5.41) is 5.95. The van der Waals surface area contributed by atoms with Crippen molar-refractivity contribution in [1.29, 1.82) is 0 Å². The highest BCUT2D eigenvalue weighted by Crippen LogP contribution is 2.23. The molecule has 3 aromatic rings. The van der Waals surface area contributed by atoms with Gasteiger partial charge in [-0.15, -0.1) is 0 Å². The van der Waals surface area contributed by atoms with Gasteiger partial charge in [0.1, 0.15) is 12.4 Å². The zero-order valence-corrected chi connectivity index (χ0v) is 17.5. The number of benzene rings is 2. The van der Waals surface area contributed by atoms with Crippen molar-refractivity contribution >= 4 is 37.4 Å². The van der Waals surface area contributed by atoms with Crippen LogP contribution < -0.4 is 10.9 Å². The molecule has 0 fully saturated rings. The molecule has 1 aromatic heterocycles. The van der Waals surface area contributed by atoms with Crippen molar-refractivity contribution in [1.82, 2.24) is 9.78 Å². The minimum absolute atomic E-state index is 0.303. The highest BCUT2D eigenvalue weighted by molar-refractivity contribution is 9.10. The number of hydrogen-bond acceptors (Lipinski definition) is 5. The summed E-state index contributed by atoms with van der Waals surface area (Å²) in [6.45, 7) is 1.40. The lowest BCUT2D eigenvalue weighted by Crippen LogP contribution is -2.30. The van der Waals surface area contributed by atoms with E-state index in [-0.39, 0.29) is 4.90 Å². The molecule has 0 radical (unpaired) electrons. The van der Waals surface area contributed by atoms with Gasteiger partial charge in [-0.3, -0.25) is 9.59 Å². The molecule has 1 N–H and O–H groups in total. The Kier molecular flexibility index (Phi) is 5.94. The second kappa shape index (κ2) is 8.26. The van der Waals surface area contributed by atoms with Gasteiger partial charge in [0.2, 0.25) is 15.7 Å². The summed E-state index contributed by atoms with van der Waals surface area (Å²) in [6, 6.07) is 11.8. The Morgan fingerprint density at radius 2 is 1.93 bits per heavy atom. The molecule has 3 rings (SSSR count). The third-order valence-corrected chi connectivity index (χ3v) is 6.21. The smallest absolute Gasteiger partial charge is 0.267 e. The van der Waals surface area contributed by atoms with Crippen LogP contribution in [0.15, 0.2) is 73.8 Å². The number of anilines is 1. The van der Waals surface area contributed by atoms with E-state index in [1.807, 2.05) is 13.0 Å². The van der Waals surface area contributed by atoms with E-state index in [4.69, 9.17) is 0 Å². The first-order chi connectivity index (χ1) is 13.7. The van der Waals surface area contributed by atoms with Crippen LogP contribution in [0.2, 0.25) is 0 Å². The average Bonchev–Trinajstić information content (AvgIpc) is 2.65. The Labute approximate surface area is 174 Å². The van der Waals surface area contributed by atoms with Crippen molar-refractivity contribution in [2.75, 3.05) is 5.32 Å². The molecule has 7 nitrogen and oxygen atoms in total. The summed E-state index contributed by atoms with van der Waals surface area (Å²) in [7, 11) is -4.16. The molecule has 29 heavy (non-hydrogen) atoms. The normalized spacial score (nSPS) is 11.3. The lowest BCUT2D eigenvalue weighted by Gasteiger charge is -2.10. The van der Waals surface area contributed by atoms with E-state index in [0.717, 1.165) is 34.5 Å². The molecule has 0 bridgehead atoms. The van der Waals surface area contributed by atoms with Crippen LogP contribution in [-0.2, 0) is 21.2 Å². The number of carbonyl (C=O) groups excluding carboxylic acids is 1. The largest absolute Gasteiger partial charge is 0.323 e. The molecule has 0 unspecified atom stereocenters. The topological polar surface area (TPSA) is 98.1 Å². The van der Waals surface area contributed by atoms with Crippen molar-refractivity contribution < 1.29 is 17.6 Å². The van der Waals surface area contributed by atoms with Crippen molar-refractivity contribution in [2.45, 2.75) is 23.4 Å². The highest BCUT2D eigenvalue weighted by atomic mass is 79.9. The van der Waals surface area contributed by atoms with Gasteiger partial charge in [0.05, 0.1) is 10.6 Å². The second-order valence-electron chi connectivity index (χ2n) is 6.16. The molecule has 10 heteroatoms. The van der Waals surface area contributed by atoms with Crippen LogP contribution in [0.4, 0.5) is 10.1 Å². The van der Waals surface area contributed by atoms with Gasteiger partial charge < -0.3 is 5.32 Å². The molecule has 0 aliphatic rings. The number of nitrogens with zero attached hydrogens (tertiary/aromatic N) is 2. The maximum Gasteiger partial charge on any atom is 0.267 e. The summed E-state index contributed by atoms with van der Waals surface area (Å²) in [4.78, 5) is 24.1. The van der Waals surface area contributed by atoms with Crippen LogP contribution in [0.25, 0.3) is 0 Å². The molecule has 0 aliphatic heterocycles. The summed E-state index contributed by atoms with van der Waals surface area (Å²) >= 11 is 3.34. The van der Waals surface area contributed by atoms with E-state index in [2.05, 4.69) is 26.3 Å². The molecule has 0 saturated heterocycles. The zero-order chi connectivity index (χ0) is 21.2. The molecule has 0 saturated carbocycles. The molecule has 1 heterocycles. The summed E-state index contributed by atoms with van der Waals surface area (Å²) in [6.07, 6.45) is 0. The van der Waals surface area contributed by atoms with Crippen molar-refractivity contribution in [3.63, 3.8) is 0 Å². The Balaban J connectivity index is 1.87. The Hall–Kier alpha value is -2.85. The molecule has 0 aliphatic carbocycles. The van der Waals surface area contributed by atoms with Crippen LogP contribution in [0.1, 0.15) is 5.56 Å². The molecule has 0 spiro atoms. The Bertz CT molecular complexity index is 1260. The molecule has 0 atom stereocenters. The van der Waals surface area contributed by atoms with Crippen LogP contribution in [0, 0.1) is 12.7 Å². The number of hydrogen-bond donors (Lipinski definition) is 1. The third-order valence-electron chi connectivity index (χ3n) is 3.92. The summed E-state index contributed by atoms with van der Waals surface area (Å²) in [5.74, 6) is -1.29. The van der Waals surface area contributed by atoms with Gasteiger partial charge in [-0.25, -0.2) is 17.5 Å². The van der Waals surface area contributed by atoms with E-state index < -0.39 is 38.7 Å². The number of aryl methyl sites for hydroxylation is 1. The highest BCUT2D eigenvalue weighted by Gasteiger charge is 2.21. The van der Waals surface area contributed by atoms with Crippen molar-refractivity contribution in [3.8, 4) is 0 Å². The van der Waals surface area contributed by atoms with Crippen LogP contribution in [0.3, 0.4) is 0 Å². The van der Waals surface area contributed by atoms with E-state index >= 15 is 0 Å². The standard InChI is InChI=1S/C19H15BrFN3O4S/c1-12-5-6-16(15(20)9-12)22-17(25)11-24-19(26)8-7-18(23-24)29(27,28)14-4-2-3-13(21)10-14/h2-10H,11H2,1H3,(H,22,25). The Morgan fingerprint density at radius 1 is 1.17 bits per heavy atom. The fraction of sp³-hybridized carbons (Fsp3) is 0.105. The van der Waals surface area contributed by atoms with Crippen LogP contribution >= 0.6 is 15.9 Å². The monoisotopic (exact) mass is 479 g/mol. The number of rotatable bonds is 5. The van der Waals surface area contributed by atoms with Gasteiger partial charge in [-0.05, 0) is 64.8 Å². The first-order valence-corrected chi connectivity index (χ1v) is 10.6. The fourth-order valence-electron chi connectivity index (χ4n) is 2.49. The first kappa shape index (κ1) is 20.9. The minimum atomic E-state index is -4.16. The first-order valence-electron chi connectivity index (χ1n) is 8.31. The molecular weight excluding hydrogens is 465 g/mol. The molecule has 2 aromatic carbocycles. The van der Waals surface area contributed by atoms with Crippen LogP contribution in [0.5, 0.6) is 0 Å². The predicted octanol–water partition coefficient (Wildman–Crippen LogP) is 2.92. The lowest BCUT2D eigenvalue weighted by atomic mass is 10.2. The van der Waals surface area contributed by atoms with E-state index in [0.29, 0.717) is 10.2 Å². The second-order valence-corrected chi connectivity index (χ2v) is 8.91. The third kappa shape index (κ3) is 4.77. The average molecular weight is 480 g/mol. The van der Waals surface area contributed by atoms with Gasteiger partial charge in [0.25, 0.3) is 5.56 Å². The Morgan fingerprint density at radius 3 is 2.62 bits per heavy atom. The fourth-order valence-corrected chi connectivity index (χ4v) is 4.30. The summed E-state index contributed by atoms with van der Waals surface area (Å²) < 4.78 is 40.1. The van der Waals surface area contributed by atoms with Gasteiger partial charge in [-0.2, -0.15) is 5.10 Å². The number of carbonyl (C=O) groups is 1. The van der Waals surface area contributed by atoms with Gasteiger partial charge in [0, 0.05) is 10.5 Å². The zero-order valence-electron chi connectivity index (χ0n) is 15.1. The van der Waals surface area contributed by atoms with Gasteiger partial charge >= 0.3 is 0 Å². The predicted molar refractivity (Wildman–Crippen MR) is 108 cm³/mol. The van der Waals surface area contributed by atoms with E-state index in [1.165, 1.54) is 12.1 Å². The number of aromatic nitrogens is 2. The quantitative estimate of drug-likeness (QED) is 0.606. The number of halogens is 2. The van der Waals surface area contributed by atoms with Crippen molar-refractivity contribution in [2.24, 2.45) is 0 Å². The lowest BCUT2D eigenvalue weighted by molar-refractivity contribution is -0.117. The number of amides is 1. The SMILES string of the molecule is Cc1ccc(NC(=O)Cn2nc(S(=O)(=O)c3cccc(F)c3)ccc2=O)c(Br)c1. The summed E-state index contributed by atoms with van der Waals surface area (Å²) in [5.41, 5.74) is 0.835. The van der Waals surface area contributed by atoms with Gasteiger partial charge in [-0.1, -0.05) is 12.1 Å². The van der Waals surface area contributed by atoms with Gasteiger partial charge in [0.15, 0.2) is 5.03 Å². The maximum atomic E-state index is 13.4. The number of nitrogens with one attached hydrogen (secondary N) is 1. The molecular formula is C19H15BrFN3O4S. The maximum absolute atomic E-state index is 13.4. The van der Waals surface area contributed by atoms with Crippen LogP contribution in [-0.4, -0.2) is 24.1 Å². The van der Waals surface area contributed by atoms with E-state index in [9.17, 15) is 22.4 Å². The van der Waals surface area contributed by atoms with Crippen molar-refractivity contribution in [3.05, 3.63) is 80.8 Å². The molecule has 150 valence electrons. The van der Waals surface area contributed by atoms with E-state index in [1.54, 1.807) is 12.1 Å². The minimum Gasteiger partial charge on any atom is -0.323 e. The molecule has 1 amide bonds.